The van der Waals surface area contributed by atoms with Crippen molar-refractivity contribution in [3.05, 3.63) is 46.8 Å². The SMILES string of the molecule is CN1C2=C(CN([C@H]3CO[C@H](c4cc(F)ccc4F)[C@@H](N)C3)C2)NC1S(C)(=O)=O. The van der Waals surface area contributed by atoms with Gasteiger partial charge in [0.25, 0.3) is 0 Å². The predicted octanol–water partition coefficient (Wildman–Crippen LogP) is 0.513. The Morgan fingerprint density at radius 3 is 2.68 bits per heavy atom. The highest BCUT2D eigenvalue weighted by atomic mass is 32.2. The van der Waals surface area contributed by atoms with Crippen molar-refractivity contribution >= 4 is 9.84 Å². The van der Waals surface area contributed by atoms with Crippen LogP contribution in [-0.2, 0) is 14.6 Å². The van der Waals surface area contributed by atoms with Crippen LogP contribution in [0.3, 0.4) is 0 Å². The van der Waals surface area contributed by atoms with E-state index in [4.69, 9.17) is 10.5 Å². The number of halogens is 2. The van der Waals surface area contributed by atoms with Crippen LogP contribution in [0.5, 0.6) is 0 Å². The number of hydrogen-bond acceptors (Lipinski definition) is 7. The van der Waals surface area contributed by atoms with Crippen LogP contribution in [0.25, 0.3) is 0 Å². The van der Waals surface area contributed by atoms with Crippen molar-refractivity contribution in [2.24, 2.45) is 5.73 Å². The molecule has 0 radical (unpaired) electrons. The second-order valence-electron chi connectivity index (χ2n) is 7.74. The number of hydrogen-bond donors (Lipinski definition) is 2. The third kappa shape index (κ3) is 3.38. The van der Waals surface area contributed by atoms with Crippen LogP contribution in [0.1, 0.15) is 18.1 Å². The molecule has 0 aromatic heterocycles. The van der Waals surface area contributed by atoms with Crippen LogP contribution >= 0.6 is 0 Å². The van der Waals surface area contributed by atoms with E-state index in [1.165, 1.54) is 6.26 Å². The number of nitrogens with one attached hydrogen (secondary N) is 1. The summed E-state index contributed by atoms with van der Waals surface area (Å²) in [5.74, 6) is -1.05. The Morgan fingerprint density at radius 1 is 1.29 bits per heavy atom. The van der Waals surface area contributed by atoms with Crippen LogP contribution in [0.2, 0.25) is 0 Å². The Balaban J connectivity index is 1.41. The zero-order valence-corrected chi connectivity index (χ0v) is 16.5. The Morgan fingerprint density at radius 2 is 2.04 bits per heavy atom. The fourth-order valence-electron chi connectivity index (χ4n) is 4.28. The molecule has 7 nitrogen and oxygen atoms in total. The number of benzene rings is 1. The molecule has 1 unspecified atom stereocenters. The Bertz CT molecular complexity index is 923. The Hall–Kier alpha value is -1.75. The third-order valence-corrected chi connectivity index (χ3v) is 6.97. The van der Waals surface area contributed by atoms with E-state index < -0.39 is 39.1 Å². The highest BCUT2D eigenvalue weighted by molar-refractivity contribution is 7.91. The van der Waals surface area contributed by atoms with E-state index in [1.807, 2.05) is 0 Å². The quantitative estimate of drug-likeness (QED) is 0.745. The van der Waals surface area contributed by atoms with Crippen molar-refractivity contribution < 1.29 is 21.9 Å². The number of nitrogens with two attached hydrogens (primary N) is 1. The highest BCUT2D eigenvalue weighted by Gasteiger charge is 2.43. The smallest absolute Gasteiger partial charge is 0.203 e. The van der Waals surface area contributed by atoms with Crippen LogP contribution in [0.4, 0.5) is 8.78 Å². The van der Waals surface area contributed by atoms with Gasteiger partial charge in [0.15, 0.2) is 9.84 Å². The van der Waals surface area contributed by atoms with Gasteiger partial charge in [0.05, 0.1) is 12.3 Å². The summed E-state index contributed by atoms with van der Waals surface area (Å²) >= 11 is 0. The lowest BCUT2D eigenvalue weighted by atomic mass is 9.93. The van der Waals surface area contributed by atoms with Gasteiger partial charge >= 0.3 is 0 Å². The fraction of sp³-hybridized carbons (Fsp3) is 0.556. The molecule has 4 rings (SSSR count). The molecule has 1 aromatic carbocycles. The summed E-state index contributed by atoms with van der Waals surface area (Å²) in [6, 6.07) is 2.83. The van der Waals surface area contributed by atoms with Crippen LogP contribution < -0.4 is 11.1 Å². The van der Waals surface area contributed by atoms with Gasteiger partial charge in [-0.1, -0.05) is 0 Å². The molecule has 3 aliphatic heterocycles. The molecule has 3 heterocycles. The average molecular weight is 414 g/mol. The van der Waals surface area contributed by atoms with Gasteiger partial charge in [-0.2, -0.15) is 0 Å². The zero-order chi connectivity index (χ0) is 20.2. The monoisotopic (exact) mass is 414 g/mol. The van der Waals surface area contributed by atoms with Gasteiger partial charge in [-0.05, 0) is 24.6 Å². The van der Waals surface area contributed by atoms with E-state index in [2.05, 4.69) is 10.2 Å². The van der Waals surface area contributed by atoms with E-state index in [1.54, 1.807) is 11.9 Å². The molecule has 1 aromatic rings. The van der Waals surface area contributed by atoms with Gasteiger partial charge in [-0.15, -0.1) is 0 Å². The van der Waals surface area contributed by atoms with E-state index in [-0.39, 0.29) is 11.6 Å². The number of ether oxygens (including phenoxy) is 1. The predicted molar refractivity (Wildman–Crippen MR) is 99.6 cm³/mol. The number of nitrogens with zero attached hydrogens (tertiary/aromatic N) is 2. The van der Waals surface area contributed by atoms with Gasteiger partial charge in [-0.3, -0.25) is 4.90 Å². The molecular formula is C18H24F2N4O3S. The normalized spacial score (nSPS) is 31.2. The average Bonchev–Trinajstić information content (AvgIpc) is 3.17. The summed E-state index contributed by atoms with van der Waals surface area (Å²) in [6.07, 6.45) is 1.09. The topological polar surface area (TPSA) is 87.9 Å². The minimum Gasteiger partial charge on any atom is -0.370 e. The highest BCUT2D eigenvalue weighted by Crippen LogP contribution is 2.34. The number of rotatable bonds is 3. The molecule has 3 aliphatic rings. The molecule has 0 aliphatic carbocycles. The first-order valence-corrected chi connectivity index (χ1v) is 11.1. The standard InChI is InChI=1S/C18H24F2N4O3S/c1-23-16-8-24(7-15(16)22-18(23)28(2,25)26)11-6-14(21)17(27-9-11)12-5-10(19)3-4-13(12)20/h3-5,11,14,17-18,22H,6-9,21H2,1-2H3/t11-,14+,17-,18?/m1/s1. The Kier molecular flexibility index (Phi) is 4.85. The second kappa shape index (κ2) is 6.94. The van der Waals surface area contributed by atoms with Gasteiger partial charge in [0.2, 0.25) is 5.50 Å². The number of sulfone groups is 1. The van der Waals surface area contributed by atoms with Gasteiger partial charge < -0.3 is 20.7 Å². The molecule has 0 amide bonds. The maximum Gasteiger partial charge on any atom is 0.203 e. The molecule has 0 bridgehead atoms. The zero-order valence-electron chi connectivity index (χ0n) is 15.7. The van der Waals surface area contributed by atoms with Crippen molar-refractivity contribution in [1.29, 1.82) is 0 Å². The van der Waals surface area contributed by atoms with E-state index >= 15 is 0 Å². The van der Waals surface area contributed by atoms with Gasteiger partial charge in [0.1, 0.15) is 17.7 Å². The minimum atomic E-state index is -3.25. The van der Waals surface area contributed by atoms with Crippen molar-refractivity contribution in [3.63, 3.8) is 0 Å². The summed E-state index contributed by atoms with van der Waals surface area (Å²) in [4.78, 5) is 3.92. The molecule has 0 spiro atoms. The lowest BCUT2D eigenvalue weighted by Gasteiger charge is -2.39. The molecule has 154 valence electrons. The maximum absolute atomic E-state index is 14.1. The van der Waals surface area contributed by atoms with Gasteiger partial charge in [0, 0.05) is 49.7 Å². The van der Waals surface area contributed by atoms with Crippen molar-refractivity contribution in [3.8, 4) is 0 Å². The van der Waals surface area contributed by atoms with E-state index in [0.717, 1.165) is 29.6 Å². The molecular weight excluding hydrogens is 390 g/mol. The Labute approximate surface area is 163 Å². The summed E-state index contributed by atoms with van der Waals surface area (Å²) in [7, 11) is -1.49. The summed E-state index contributed by atoms with van der Waals surface area (Å²) in [6.45, 7) is 1.50. The van der Waals surface area contributed by atoms with Crippen molar-refractivity contribution in [2.45, 2.75) is 30.1 Å². The molecule has 3 N–H and O–H groups in total. The lowest BCUT2D eigenvalue weighted by Crippen LogP contribution is -2.51. The van der Waals surface area contributed by atoms with E-state index in [0.29, 0.717) is 26.1 Å². The maximum atomic E-state index is 14.1. The molecule has 1 fully saturated rings. The summed E-state index contributed by atoms with van der Waals surface area (Å²) < 4.78 is 57.2. The first-order valence-electron chi connectivity index (χ1n) is 9.11. The van der Waals surface area contributed by atoms with Crippen LogP contribution in [-0.4, -0.2) is 68.8 Å². The molecule has 28 heavy (non-hydrogen) atoms. The first-order chi connectivity index (χ1) is 13.1. The number of likely N-dealkylation sites (N-methyl/N-ethyl adjacent to an activating group) is 1. The largest absolute Gasteiger partial charge is 0.370 e. The van der Waals surface area contributed by atoms with E-state index in [9.17, 15) is 17.2 Å². The van der Waals surface area contributed by atoms with Gasteiger partial charge in [-0.25, -0.2) is 17.2 Å². The van der Waals surface area contributed by atoms with Crippen LogP contribution in [0, 0.1) is 11.6 Å². The first kappa shape index (κ1) is 19.6. The second-order valence-corrected chi connectivity index (χ2v) is 9.85. The summed E-state index contributed by atoms with van der Waals surface area (Å²) in [5.41, 5.74) is 7.50. The summed E-state index contributed by atoms with van der Waals surface area (Å²) in [5, 5.41) is 3.08. The lowest BCUT2D eigenvalue weighted by molar-refractivity contribution is -0.0474. The molecule has 0 saturated carbocycles. The minimum absolute atomic E-state index is 0.0142. The van der Waals surface area contributed by atoms with Crippen molar-refractivity contribution in [1.82, 2.24) is 15.1 Å². The molecule has 4 atom stereocenters. The molecule has 1 saturated heterocycles. The third-order valence-electron chi connectivity index (χ3n) is 5.73. The fourth-order valence-corrected chi connectivity index (χ4v) is 5.34. The van der Waals surface area contributed by atoms with Crippen molar-refractivity contribution in [2.75, 3.05) is 33.0 Å². The molecule has 10 heteroatoms. The van der Waals surface area contributed by atoms with Crippen LogP contribution in [0.15, 0.2) is 29.6 Å².